The first-order valence-corrected chi connectivity index (χ1v) is 31.9. The highest BCUT2D eigenvalue weighted by Crippen LogP contribution is 2.35. The molecule has 0 aliphatic carbocycles. The topological polar surface area (TPSA) is 116 Å². The second kappa shape index (κ2) is 28.4. The molecule has 0 amide bonds. The van der Waals surface area contributed by atoms with Gasteiger partial charge in [-0.15, -0.1) is 0 Å². The van der Waals surface area contributed by atoms with Gasteiger partial charge >= 0.3 is 0 Å². The van der Waals surface area contributed by atoms with Gasteiger partial charge in [-0.05, 0) is 136 Å². The molecule has 452 valence electrons. The predicted octanol–water partition coefficient (Wildman–Crippen LogP) is 22.2. The molecule has 0 atom stereocenters. The van der Waals surface area contributed by atoms with E-state index >= 15 is 0 Å². The molecule has 0 aliphatic heterocycles. The molecule has 13 aromatic carbocycles. The van der Waals surface area contributed by atoms with E-state index in [9.17, 15) is 0 Å². The van der Waals surface area contributed by atoms with Crippen molar-refractivity contribution in [3.05, 3.63) is 343 Å². The van der Waals surface area contributed by atoms with Crippen molar-refractivity contribution in [3.63, 3.8) is 0 Å². The maximum absolute atomic E-state index is 6.37. The van der Waals surface area contributed by atoms with Crippen molar-refractivity contribution in [1.29, 1.82) is 0 Å². The number of rotatable bonds is 11. The Kier molecular flexibility index (Phi) is 18.2. The molecule has 16 rings (SSSR count). The summed E-state index contributed by atoms with van der Waals surface area (Å²) < 4.78 is 0. The third kappa shape index (κ3) is 14.3. The lowest BCUT2D eigenvalue weighted by Crippen LogP contribution is -1.98. The van der Waals surface area contributed by atoms with Crippen molar-refractivity contribution < 1.29 is 0 Å². The highest BCUT2D eigenvalue weighted by molar-refractivity contribution is 6.29. The van der Waals surface area contributed by atoms with Crippen molar-refractivity contribution in [2.45, 2.75) is 0 Å². The lowest BCUT2D eigenvalue weighted by Gasteiger charge is -2.10. The number of fused-ring (bicyclic) bond motifs is 2. The van der Waals surface area contributed by atoms with Crippen LogP contribution in [0.25, 0.3) is 146 Å². The number of nitrogens with zero attached hydrogens (tertiary/aromatic N) is 9. The standard InChI is InChI=1S/C29H18ClN3.2C27H18ClN3/c30-29-32-27(31-28(33-29)26-17-7-11-20-9-2-4-15-24(20)26)22-13-5-12-21(18-22)25-16-6-10-19-8-1-3-14-23(19)25;28-27-30-25(23-15-7-13-21(17-23)19-9-3-1-4-10-19)29-26(31-27)24-16-8-14-22(18-24)20-11-5-2-6-12-20;28-27-30-25(22-16-14-21(15-17-22)19-8-3-1-4-9-19)29-26(31-27)24-13-7-12-23(18-24)20-10-5-2-6-11-20/h1-18H;2*1-18H. The third-order valence-corrected chi connectivity index (χ3v) is 16.5. The van der Waals surface area contributed by atoms with Gasteiger partial charge < -0.3 is 0 Å². The van der Waals surface area contributed by atoms with Gasteiger partial charge in [0, 0.05) is 33.4 Å². The molecule has 0 bridgehead atoms. The van der Waals surface area contributed by atoms with E-state index in [4.69, 9.17) is 49.8 Å². The summed E-state index contributed by atoms with van der Waals surface area (Å²) in [7, 11) is 0. The van der Waals surface area contributed by atoms with Gasteiger partial charge in [0.2, 0.25) is 15.9 Å². The van der Waals surface area contributed by atoms with E-state index in [-0.39, 0.29) is 15.9 Å². The third-order valence-electron chi connectivity index (χ3n) is 16.0. The summed E-state index contributed by atoms with van der Waals surface area (Å²) in [6, 6.07) is 111. The Balaban J connectivity index is 0.000000123. The summed E-state index contributed by atoms with van der Waals surface area (Å²) in [5.41, 5.74) is 16.7. The van der Waals surface area contributed by atoms with Crippen molar-refractivity contribution in [2.75, 3.05) is 0 Å². The summed E-state index contributed by atoms with van der Waals surface area (Å²) in [5, 5.41) is 5.17. The Bertz CT molecular complexity index is 5240. The molecule has 16 aromatic rings. The zero-order valence-electron chi connectivity index (χ0n) is 50.8. The van der Waals surface area contributed by atoms with Crippen LogP contribution in [0, 0.1) is 0 Å². The number of benzene rings is 13. The average Bonchev–Trinajstić information content (AvgIpc) is 1.02. The molecule has 0 N–H and O–H groups in total. The lowest BCUT2D eigenvalue weighted by molar-refractivity contribution is 1.07. The summed E-state index contributed by atoms with van der Waals surface area (Å²) in [5.74, 6) is 3.34. The van der Waals surface area contributed by atoms with Crippen LogP contribution in [0.15, 0.2) is 328 Å². The maximum atomic E-state index is 6.37. The normalized spacial score (nSPS) is 10.9. The maximum Gasteiger partial charge on any atom is 0.226 e. The van der Waals surface area contributed by atoms with Crippen LogP contribution in [0.1, 0.15) is 0 Å². The van der Waals surface area contributed by atoms with E-state index in [0.717, 1.165) is 88.7 Å². The molecule has 95 heavy (non-hydrogen) atoms. The summed E-state index contributed by atoms with van der Waals surface area (Å²) in [6.07, 6.45) is 0. The van der Waals surface area contributed by atoms with Gasteiger partial charge in [-0.1, -0.05) is 303 Å². The van der Waals surface area contributed by atoms with Crippen LogP contribution in [-0.4, -0.2) is 44.9 Å². The summed E-state index contributed by atoms with van der Waals surface area (Å²) in [6.45, 7) is 0. The monoisotopic (exact) mass is 1280 g/mol. The molecule has 9 nitrogen and oxygen atoms in total. The smallest absolute Gasteiger partial charge is 0.208 e. The van der Waals surface area contributed by atoms with Crippen molar-refractivity contribution in [1.82, 2.24) is 44.9 Å². The van der Waals surface area contributed by atoms with E-state index in [1.807, 2.05) is 158 Å². The van der Waals surface area contributed by atoms with Crippen LogP contribution < -0.4 is 0 Å². The number of hydrogen-bond donors (Lipinski definition) is 0. The van der Waals surface area contributed by atoms with E-state index in [0.29, 0.717) is 34.9 Å². The van der Waals surface area contributed by atoms with Gasteiger partial charge in [0.1, 0.15) is 0 Å². The Morgan fingerprint density at radius 1 is 0.158 bits per heavy atom. The van der Waals surface area contributed by atoms with Crippen LogP contribution in [0.3, 0.4) is 0 Å². The summed E-state index contributed by atoms with van der Waals surface area (Å²) in [4.78, 5) is 40.7. The van der Waals surface area contributed by atoms with Gasteiger partial charge in [-0.2, -0.15) is 29.9 Å². The Labute approximate surface area is 564 Å². The molecule has 0 saturated carbocycles. The quantitative estimate of drug-likeness (QED) is 0.125. The molecule has 0 spiro atoms. The van der Waals surface area contributed by atoms with Crippen LogP contribution >= 0.6 is 34.8 Å². The zero-order chi connectivity index (χ0) is 64.3. The Hall–Kier alpha value is -11.7. The first kappa shape index (κ1) is 60.8. The fourth-order valence-electron chi connectivity index (χ4n) is 11.4. The molecule has 12 heteroatoms. The molecular formula is C83H54Cl3N9. The Morgan fingerprint density at radius 2 is 0.400 bits per heavy atom. The van der Waals surface area contributed by atoms with Crippen LogP contribution in [0.2, 0.25) is 15.9 Å². The molecule has 0 saturated heterocycles. The van der Waals surface area contributed by atoms with Crippen molar-refractivity contribution in [2.24, 2.45) is 0 Å². The molecular weight excluding hydrogens is 1230 g/mol. The number of hydrogen-bond acceptors (Lipinski definition) is 9. The van der Waals surface area contributed by atoms with E-state index < -0.39 is 0 Å². The zero-order valence-corrected chi connectivity index (χ0v) is 53.1. The summed E-state index contributed by atoms with van der Waals surface area (Å²) >= 11 is 18.9. The van der Waals surface area contributed by atoms with E-state index in [2.05, 4.69) is 200 Å². The fraction of sp³-hybridized carbons (Fsp3) is 0. The molecule has 0 aliphatic rings. The van der Waals surface area contributed by atoms with Crippen LogP contribution in [-0.2, 0) is 0 Å². The van der Waals surface area contributed by atoms with Gasteiger partial charge in [0.25, 0.3) is 0 Å². The second-order valence-corrected chi connectivity index (χ2v) is 23.2. The Morgan fingerprint density at radius 3 is 0.811 bits per heavy atom. The molecule has 0 fully saturated rings. The largest absolute Gasteiger partial charge is 0.226 e. The van der Waals surface area contributed by atoms with Gasteiger partial charge in [0.15, 0.2) is 34.9 Å². The van der Waals surface area contributed by atoms with E-state index in [1.165, 1.54) is 21.9 Å². The first-order chi connectivity index (χ1) is 46.8. The SMILES string of the molecule is Clc1nc(-c2ccc(-c3ccccc3)cc2)nc(-c2cccc(-c3ccccc3)c2)n1.Clc1nc(-c2cccc(-c3cccc4ccccc34)c2)nc(-c2cccc3ccccc23)n1.Clc1nc(-c2cccc(-c3ccccc3)c2)nc(-c2cccc(-c3ccccc3)c2)n1. The molecule has 0 unspecified atom stereocenters. The predicted molar refractivity (Wildman–Crippen MR) is 389 cm³/mol. The number of halogens is 3. The second-order valence-electron chi connectivity index (χ2n) is 22.2. The van der Waals surface area contributed by atoms with Crippen LogP contribution in [0.4, 0.5) is 0 Å². The highest BCUT2D eigenvalue weighted by Gasteiger charge is 2.16. The highest BCUT2D eigenvalue weighted by atomic mass is 35.5. The molecule has 3 heterocycles. The van der Waals surface area contributed by atoms with Crippen molar-refractivity contribution in [3.8, 4) is 124 Å². The minimum atomic E-state index is 0.176. The van der Waals surface area contributed by atoms with E-state index in [1.54, 1.807) is 0 Å². The average molecular weight is 1280 g/mol. The van der Waals surface area contributed by atoms with Crippen LogP contribution in [0.5, 0.6) is 0 Å². The van der Waals surface area contributed by atoms with Crippen molar-refractivity contribution >= 4 is 56.3 Å². The first-order valence-electron chi connectivity index (χ1n) is 30.7. The lowest BCUT2D eigenvalue weighted by atomic mass is 9.97. The van der Waals surface area contributed by atoms with Gasteiger partial charge in [-0.25, -0.2) is 15.0 Å². The van der Waals surface area contributed by atoms with Gasteiger partial charge in [0.05, 0.1) is 0 Å². The number of aromatic nitrogens is 9. The molecule has 3 aromatic heterocycles. The fourth-order valence-corrected chi connectivity index (χ4v) is 11.9. The molecule has 0 radical (unpaired) electrons. The van der Waals surface area contributed by atoms with Gasteiger partial charge in [-0.3, -0.25) is 0 Å². The minimum Gasteiger partial charge on any atom is -0.208 e. The minimum absolute atomic E-state index is 0.176.